The summed E-state index contributed by atoms with van der Waals surface area (Å²) < 4.78 is 5.35. The number of esters is 1. The van der Waals surface area contributed by atoms with E-state index in [0.29, 0.717) is 35.9 Å². The highest BCUT2D eigenvalue weighted by atomic mass is 35.5. The Labute approximate surface area is 176 Å². The zero-order valence-electron chi connectivity index (χ0n) is 16.8. The monoisotopic (exact) mass is 427 g/mol. The fourth-order valence-electron chi connectivity index (χ4n) is 3.27. The Balaban J connectivity index is 2.37. The van der Waals surface area contributed by atoms with Crippen LogP contribution in [-0.4, -0.2) is 41.8 Å². The molecule has 0 saturated carbocycles. The summed E-state index contributed by atoms with van der Waals surface area (Å²) in [5.74, 6) is -1.92. The van der Waals surface area contributed by atoms with E-state index in [4.69, 9.17) is 27.9 Å². The highest BCUT2D eigenvalue weighted by Gasteiger charge is 2.47. The van der Waals surface area contributed by atoms with Gasteiger partial charge in [0.15, 0.2) is 0 Å². The minimum absolute atomic E-state index is 0.264. The Morgan fingerprint density at radius 1 is 1.18 bits per heavy atom. The van der Waals surface area contributed by atoms with Crippen LogP contribution in [-0.2, 0) is 19.1 Å². The fourth-order valence-corrected chi connectivity index (χ4v) is 3.58. The number of benzene rings is 1. The summed E-state index contributed by atoms with van der Waals surface area (Å²) in [5, 5.41) is 0.800. The molecule has 28 heavy (non-hydrogen) atoms. The van der Waals surface area contributed by atoms with Gasteiger partial charge >= 0.3 is 5.97 Å². The van der Waals surface area contributed by atoms with Crippen LogP contribution in [0.3, 0.4) is 0 Å². The highest BCUT2D eigenvalue weighted by Crippen LogP contribution is 2.37. The molecule has 0 spiro atoms. The smallest absolute Gasteiger partial charge is 0.329 e. The molecule has 1 aromatic carbocycles. The third-order valence-corrected chi connectivity index (χ3v) is 6.15. The lowest BCUT2D eigenvalue weighted by Crippen LogP contribution is -2.49. The molecule has 5 nitrogen and oxygen atoms in total. The van der Waals surface area contributed by atoms with E-state index in [-0.39, 0.29) is 12.5 Å². The van der Waals surface area contributed by atoms with Crippen LogP contribution >= 0.6 is 23.2 Å². The van der Waals surface area contributed by atoms with E-state index in [1.54, 1.807) is 32.0 Å². The van der Waals surface area contributed by atoms with Gasteiger partial charge in [-0.3, -0.25) is 9.59 Å². The van der Waals surface area contributed by atoms with E-state index in [1.807, 2.05) is 13.8 Å². The molecule has 1 aliphatic heterocycles. The van der Waals surface area contributed by atoms with Crippen molar-refractivity contribution in [2.45, 2.75) is 58.9 Å². The molecule has 2 rings (SSSR count). The van der Waals surface area contributed by atoms with Crippen LogP contribution < -0.4 is 0 Å². The summed E-state index contributed by atoms with van der Waals surface area (Å²) in [6.45, 7) is 7.81. The number of ether oxygens (including phenoxy) is 1. The van der Waals surface area contributed by atoms with Crippen LogP contribution in [0.5, 0.6) is 0 Å². The molecule has 1 saturated heterocycles. The summed E-state index contributed by atoms with van der Waals surface area (Å²) in [6, 6.07) is 4.32. The normalized spacial score (nSPS) is 19.6. The minimum Gasteiger partial charge on any atom is -0.464 e. The van der Waals surface area contributed by atoms with Crippen LogP contribution in [0.15, 0.2) is 18.2 Å². The minimum atomic E-state index is -0.854. The molecule has 1 unspecified atom stereocenters. The van der Waals surface area contributed by atoms with Crippen LogP contribution in [0.25, 0.3) is 0 Å². The average molecular weight is 428 g/mol. The second-order valence-corrected chi connectivity index (χ2v) is 8.56. The number of carbonyl (C=O) groups excluding carboxylic acids is 3. The Morgan fingerprint density at radius 2 is 1.86 bits per heavy atom. The van der Waals surface area contributed by atoms with Crippen molar-refractivity contribution in [3.8, 4) is 0 Å². The van der Waals surface area contributed by atoms with Gasteiger partial charge in [0.05, 0.1) is 16.7 Å². The number of carbonyl (C=O) groups is 3. The Hall–Kier alpha value is -1.59. The van der Waals surface area contributed by atoms with Crippen molar-refractivity contribution in [2.24, 2.45) is 5.41 Å². The van der Waals surface area contributed by atoms with Gasteiger partial charge < -0.3 is 9.64 Å². The van der Waals surface area contributed by atoms with Crippen LogP contribution in [0.2, 0.25) is 10.0 Å². The average Bonchev–Trinajstić information content (AvgIpc) is 3.12. The van der Waals surface area contributed by atoms with Crippen LogP contribution in [0.1, 0.15) is 58.4 Å². The maximum absolute atomic E-state index is 13.0. The number of hydrogen-bond acceptors (Lipinski definition) is 4. The topological polar surface area (TPSA) is 63.7 Å². The van der Waals surface area contributed by atoms with Gasteiger partial charge in [-0.2, -0.15) is 0 Å². The molecule has 1 aromatic rings. The van der Waals surface area contributed by atoms with Gasteiger partial charge in [0.25, 0.3) is 5.91 Å². The number of hydrogen-bond donors (Lipinski definition) is 0. The number of rotatable bonds is 7. The summed E-state index contributed by atoms with van der Waals surface area (Å²) in [5.41, 5.74) is 0.0155. The fraction of sp³-hybridized carbons (Fsp3) is 0.571. The quantitative estimate of drug-likeness (QED) is 0.469. The van der Waals surface area contributed by atoms with Crippen LogP contribution in [0.4, 0.5) is 0 Å². The van der Waals surface area contributed by atoms with Crippen molar-refractivity contribution in [1.82, 2.24) is 4.90 Å². The summed E-state index contributed by atoms with van der Waals surface area (Å²) in [6.07, 6.45) is 1.74. The van der Waals surface area contributed by atoms with Gasteiger partial charge in [-0.05, 0) is 37.0 Å². The molecular formula is C21H27Cl2NO4. The first-order valence-corrected chi connectivity index (χ1v) is 10.4. The lowest BCUT2D eigenvalue weighted by atomic mass is 9.84. The maximum Gasteiger partial charge on any atom is 0.329 e. The predicted octanol–water partition coefficient (Wildman–Crippen LogP) is 4.64. The molecule has 1 aliphatic rings. The lowest BCUT2D eigenvalue weighted by Gasteiger charge is -2.29. The molecule has 0 aliphatic carbocycles. The standard InChI is InChI=1S/C21H27Cl2NO4/c1-5-11-28-20(27)17-14(13-7-8-15(22)16(23)12-13)9-10-24(17)19(26)18(25)21(3,4)6-2/h7-8,12,14,17H,5-6,9-11H2,1-4H3/t14?,17-/m0/s1. The number of nitrogens with zero attached hydrogens (tertiary/aromatic N) is 1. The van der Waals surface area contributed by atoms with Gasteiger partial charge in [0, 0.05) is 17.9 Å². The molecule has 1 heterocycles. The molecule has 0 N–H and O–H groups in total. The van der Waals surface area contributed by atoms with Crippen molar-refractivity contribution in [1.29, 1.82) is 0 Å². The highest BCUT2D eigenvalue weighted by molar-refractivity contribution is 6.42. The number of halogens is 2. The van der Waals surface area contributed by atoms with Crippen LogP contribution in [0, 0.1) is 5.41 Å². The number of amides is 1. The zero-order valence-corrected chi connectivity index (χ0v) is 18.3. The molecule has 0 aromatic heterocycles. The summed E-state index contributed by atoms with van der Waals surface area (Å²) in [7, 11) is 0. The van der Waals surface area contributed by atoms with E-state index in [1.165, 1.54) is 4.90 Å². The molecule has 1 amide bonds. The third-order valence-electron chi connectivity index (χ3n) is 5.41. The number of ketones is 1. The second kappa shape index (κ2) is 9.27. The van der Waals surface area contributed by atoms with E-state index < -0.39 is 29.1 Å². The predicted molar refractivity (Wildman–Crippen MR) is 110 cm³/mol. The van der Waals surface area contributed by atoms with Gasteiger partial charge in [0.2, 0.25) is 5.78 Å². The number of Topliss-reactive ketones (excluding diaryl/α,β-unsaturated/α-hetero) is 1. The summed E-state index contributed by atoms with van der Waals surface area (Å²) >= 11 is 12.2. The Kier molecular flexibility index (Phi) is 7.52. The molecular weight excluding hydrogens is 401 g/mol. The largest absolute Gasteiger partial charge is 0.464 e. The zero-order chi connectivity index (χ0) is 21.1. The van der Waals surface area contributed by atoms with Crippen molar-refractivity contribution in [3.05, 3.63) is 33.8 Å². The molecule has 154 valence electrons. The van der Waals surface area contributed by atoms with Crippen molar-refractivity contribution in [3.63, 3.8) is 0 Å². The van der Waals surface area contributed by atoms with Crippen molar-refractivity contribution < 1.29 is 19.1 Å². The van der Waals surface area contributed by atoms with E-state index in [0.717, 1.165) is 5.56 Å². The molecule has 0 radical (unpaired) electrons. The van der Waals surface area contributed by atoms with Crippen molar-refractivity contribution in [2.75, 3.05) is 13.2 Å². The van der Waals surface area contributed by atoms with Gasteiger partial charge in [0.1, 0.15) is 6.04 Å². The van der Waals surface area contributed by atoms with Gasteiger partial charge in [-0.1, -0.05) is 57.0 Å². The molecule has 1 fully saturated rings. The maximum atomic E-state index is 13.0. The molecule has 2 atom stereocenters. The number of likely N-dealkylation sites (tertiary alicyclic amines) is 1. The second-order valence-electron chi connectivity index (χ2n) is 7.75. The first kappa shape index (κ1) is 22.7. The lowest BCUT2D eigenvalue weighted by molar-refractivity contribution is -0.157. The van der Waals surface area contributed by atoms with E-state index in [2.05, 4.69) is 0 Å². The van der Waals surface area contributed by atoms with Crippen molar-refractivity contribution >= 4 is 40.9 Å². The van der Waals surface area contributed by atoms with E-state index in [9.17, 15) is 14.4 Å². The summed E-state index contributed by atoms with van der Waals surface area (Å²) in [4.78, 5) is 39.9. The Bertz CT molecular complexity index is 763. The SMILES string of the molecule is CCCOC(=O)[C@@H]1C(c2ccc(Cl)c(Cl)c2)CCN1C(=O)C(=O)C(C)(C)CC. The van der Waals surface area contributed by atoms with Gasteiger partial charge in [-0.25, -0.2) is 4.79 Å². The van der Waals surface area contributed by atoms with Gasteiger partial charge in [-0.15, -0.1) is 0 Å². The Morgan fingerprint density at radius 3 is 2.43 bits per heavy atom. The van der Waals surface area contributed by atoms with E-state index >= 15 is 0 Å². The first-order valence-electron chi connectivity index (χ1n) is 9.61. The first-order chi connectivity index (χ1) is 13.1. The third kappa shape index (κ3) is 4.69. The molecule has 0 bridgehead atoms. The molecule has 7 heteroatoms.